The smallest absolute Gasteiger partial charge is 0.265 e. The molecule has 2 aromatic heterocycles. The Balaban J connectivity index is 1.55. The molecule has 9 heteroatoms. The lowest BCUT2D eigenvalue weighted by Crippen LogP contribution is -2.40. The fourth-order valence-corrected chi connectivity index (χ4v) is 5.67. The molecule has 0 saturated heterocycles. The van der Waals surface area contributed by atoms with Crippen LogP contribution in [0.2, 0.25) is 0 Å². The average molecular weight is 516 g/mol. The third-order valence-electron chi connectivity index (χ3n) is 6.05. The van der Waals surface area contributed by atoms with Gasteiger partial charge in [0.1, 0.15) is 12.4 Å². The Morgan fingerprint density at radius 2 is 1.65 bits per heavy atom. The van der Waals surface area contributed by atoms with Crippen LogP contribution in [0.3, 0.4) is 0 Å². The van der Waals surface area contributed by atoms with E-state index in [0.29, 0.717) is 0 Å². The molecule has 4 aromatic rings. The number of carbonyl (C=O) groups is 1. The van der Waals surface area contributed by atoms with Crippen LogP contribution in [-0.2, 0) is 14.8 Å². The van der Waals surface area contributed by atoms with Gasteiger partial charge in [0.15, 0.2) is 0 Å². The molecule has 0 radical (unpaired) electrons. The highest BCUT2D eigenvalue weighted by molar-refractivity contribution is 7.92. The largest absolute Gasteiger partial charge is 0.317 e. The van der Waals surface area contributed by atoms with Crippen LogP contribution in [0.4, 0.5) is 5.82 Å². The van der Waals surface area contributed by atoms with E-state index in [4.69, 9.17) is 0 Å². The van der Waals surface area contributed by atoms with E-state index >= 15 is 0 Å². The molecule has 0 aliphatic carbocycles. The van der Waals surface area contributed by atoms with Gasteiger partial charge >= 0.3 is 0 Å². The number of nitrogens with one attached hydrogen (secondary N) is 1. The number of benzene rings is 2. The van der Waals surface area contributed by atoms with Gasteiger partial charge in [0, 0.05) is 23.1 Å². The average Bonchev–Trinajstić information content (AvgIpc) is 3.16. The molecule has 0 unspecified atom stereocenters. The zero-order valence-electron chi connectivity index (χ0n) is 21.2. The van der Waals surface area contributed by atoms with E-state index in [2.05, 4.69) is 46.1 Å². The minimum atomic E-state index is -4.02. The minimum absolute atomic E-state index is 0.0656. The number of sulfonamides is 1. The summed E-state index contributed by atoms with van der Waals surface area (Å²) in [6, 6.07) is 21.0. The maximum atomic E-state index is 13.3. The molecule has 0 atom stereocenters. The number of amides is 1. The van der Waals surface area contributed by atoms with Gasteiger partial charge in [-0.25, -0.2) is 23.1 Å². The van der Waals surface area contributed by atoms with Gasteiger partial charge in [-0.1, -0.05) is 42.5 Å². The zero-order chi connectivity index (χ0) is 26.6. The molecule has 0 bridgehead atoms. The highest BCUT2D eigenvalue weighted by Gasteiger charge is 2.27. The second-order valence-corrected chi connectivity index (χ2v) is 10.6. The summed E-state index contributed by atoms with van der Waals surface area (Å²) >= 11 is 0. The number of aryl methyl sites for hydroxylation is 3. The van der Waals surface area contributed by atoms with Crippen molar-refractivity contribution >= 4 is 28.0 Å². The van der Waals surface area contributed by atoms with Crippen molar-refractivity contribution in [2.75, 3.05) is 10.8 Å². The predicted molar refractivity (Wildman–Crippen MR) is 146 cm³/mol. The van der Waals surface area contributed by atoms with E-state index in [9.17, 15) is 13.2 Å². The van der Waals surface area contributed by atoms with E-state index in [1.165, 1.54) is 18.3 Å². The van der Waals surface area contributed by atoms with Gasteiger partial charge in [0.25, 0.3) is 15.9 Å². The van der Waals surface area contributed by atoms with Gasteiger partial charge in [-0.3, -0.25) is 4.79 Å². The summed E-state index contributed by atoms with van der Waals surface area (Å²) in [6.45, 7) is 7.69. The molecular weight excluding hydrogens is 486 g/mol. The lowest BCUT2D eigenvalue weighted by molar-refractivity contribution is -0.119. The molecule has 4 rings (SSSR count). The fourth-order valence-electron chi connectivity index (χ4n) is 4.27. The summed E-state index contributed by atoms with van der Waals surface area (Å²) in [5.74, 6) is -0.451. The van der Waals surface area contributed by atoms with E-state index in [-0.39, 0.29) is 10.7 Å². The predicted octanol–water partition coefficient (Wildman–Crippen LogP) is 4.45. The first-order chi connectivity index (χ1) is 17.7. The van der Waals surface area contributed by atoms with Crippen LogP contribution in [0.25, 0.3) is 5.69 Å². The number of hydrazone groups is 1. The summed E-state index contributed by atoms with van der Waals surface area (Å²) in [5.41, 5.74) is 8.77. The molecule has 37 heavy (non-hydrogen) atoms. The summed E-state index contributed by atoms with van der Waals surface area (Å²) in [6.07, 6.45) is 3.05. The number of carbonyl (C=O) groups excluding carboxylic acids is 1. The normalized spacial score (nSPS) is 11.6. The van der Waals surface area contributed by atoms with Crippen molar-refractivity contribution in [3.8, 4) is 5.69 Å². The van der Waals surface area contributed by atoms with Crippen LogP contribution < -0.4 is 9.73 Å². The Hall–Kier alpha value is -4.24. The number of pyridine rings is 1. The van der Waals surface area contributed by atoms with Gasteiger partial charge < -0.3 is 4.57 Å². The topological polar surface area (TPSA) is 96.7 Å². The summed E-state index contributed by atoms with van der Waals surface area (Å²) < 4.78 is 29.7. The first-order valence-corrected chi connectivity index (χ1v) is 13.2. The SMILES string of the molecule is Cc1cccc(C)c1-n1c(C)cc(C=NNC(=O)CN(c2ccccn2)S(=O)(=O)c2ccccc2)c1C. The molecule has 2 aromatic carbocycles. The number of anilines is 1. The van der Waals surface area contributed by atoms with Crippen molar-refractivity contribution in [1.29, 1.82) is 0 Å². The van der Waals surface area contributed by atoms with Crippen LogP contribution in [-0.4, -0.2) is 36.6 Å². The quantitative estimate of drug-likeness (QED) is 0.277. The van der Waals surface area contributed by atoms with Gasteiger partial charge in [-0.05, 0) is 69.2 Å². The Bertz CT molecular complexity index is 1530. The Morgan fingerprint density at radius 3 is 2.30 bits per heavy atom. The Morgan fingerprint density at radius 1 is 0.973 bits per heavy atom. The monoisotopic (exact) mass is 515 g/mol. The second kappa shape index (κ2) is 10.8. The lowest BCUT2D eigenvalue weighted by Gasteiger charge is -2.22. The number of aromatic nitrogens is 2. The van der Waals surface area contributed by atoms with Crippen LogP contribution in [0.15, 0.2) is 89.0 Å². The van der Waals surface area contributed by atoms with Crippen molar-refractivity contribution in [2.24, 2.45) is 5.10 Å². The number of nitrogens with zero attached hydrogens (tertiary/aromatic N) is 4. The highest BCUT2D eigenvalue weighted by atomic mass is 32.2. The molecule has 8 nitrogen and oxygen atoms in total. The van der Waals surface area contributed by atoms with Crippen LogP contribution in [0.5, 0.6) is 0 Å². The summed E-state index contributed by atoms with van der Waals surface area (Å²) in [4.78, 5) is 17.0. The van der Waals surface area contributed by atoms with Crippen molar-refractivity contribution in [1.82, 2.24) is 15.0 Å². The number of hydrogen-bond acceptors (Lipinski definition) is 5. The van der Waals surface area contributed by atoms with Gasteiger partial charge in [0.05, 0.1) is 16.8 Å². The van der Waals surface area contributed by atoms with Gasteiger partial charge in [-0.15, -0.1) is 0 Å². The van der Waals surface area contributed by atoms with Crippen LogP contribution in [0.1, 0.15) is 28.1 Å². The lowest BCUT2D eigenvalue weighted by atomic mass is 10.1. The summed E-state index contributed by atoms with van der Waals surface area (Å²) in [5, 5.41) is 4.12. The van der Waals surface area contributed by atoms with Crippen molar-refractivity contribution < 1.29 is 13.2 Å². The molecule has 1 amide bonds. The van der Waals surface area contributed by atoms with Gasteiger partial charge in [-0.2, -0.15) is 5.10 Å². The molecule has 2 heterocycles. The second-order valence-electron chi connectivity index (χ2n) is 8.71. The maximum Gasteiger partial charge on any atom is 0.265 e. The molecule has 0 aliphatic heterocycles. The molecule has 0 fully saturated rings. The molecule has 1 N–H and O–H groups in total. The van der Waals surface area contributed by atoms with E-state index in [1.807, 2.05) is 26.0 Å². The third kappa shape index (κ3) is 5.46. The molecule has 190 valence electrons. The Kier molecular flexibility index (Phi) is 7.54. The maximum absolute atomic E-state index is 13.3. The van der Waals surface area contributed by atoms with E-state index < -0.39 is 22.5 Å². The van der Waals surface area contributed by atoms with Crippen molar-refractivity contribution in [3.05, 3.63) is 107 Å². The molecular formula is C28H29N5O3S. The summed E-state index contributed by atoms with van der Waals surface area (Å²) in [7, 11) is -4.02. The Labute approximate surface area is 217 Å². The molecule has 0 aliphatic rings. The van der Waals surface area contributed by atoms with E-state index in [0.717, 1.165) is 38.1 Å². The van der Waals surface area contributed by atoms with Gasteiger partial charge in [0.2, 0.25) is 0 Å². The van der Waals surface area contributed by atoms with E-state index in [1.54, 1.807) is 42.6 Å². The third-order valence-corrected chi connectivity index (χ3v) is 7.81. The molecule has 0 saturated carbocycles. The minimum Gasteiger partial charge on any atom is -0.317 e. The van der Waals surface area contributed by atoms with Crippen LogP contribution in [0, 0.1) is 27.7 Å². The first-order valence-electron chi connectivity index (χ1n) is 11.8. The number of para-hydroxylation sites is 1. The number of rotatable bonds is 8. The fraction of sp³-hybridized carbons (Fsp3) is 0.179. The first kappa shape index (κ1) is 25.8. The van der Waals surface area contributed by atoms with Crippen LogP contribution >= 0.6 is 0 Å². The highest BCUT2D eigenvalue weighted by Crippen LogP contribution is 2.25. The standard InChI is InChI=1S/C28H29N5O3S/c1-20-11-10-12-21(2)28(20)33-22(3)17-24(23(33)4)18-30-31-27(34)19-32(26-15-8-9-16-29-26)37(35,36)25-13-6-5-7-14-25/h5-18H,19H2,1-4H3,(H,31,34). The molecule has 0 spiro atoms. The van der Waals surface area contributed by atoms with Crippen molar-refractivity contribution in [2.45, 2.75) is 32.6 Å². The zero-order valence-corrected chi connectivity index (χ0v) is 22.0. The van der Waals surface area contributed by atoms with Crippen molar-refractivity contribution in [3.63, 3.8) is 0 Å². The number of hydrogen-bond donors (Lipinski definition) is 1.